The van der Waals surface area contributed by atoms with Crippen LogP contribution in [0.2, 0.25) is 0 Å². The third kappa shape index (κ3) is 4.35. The molecule has 1 aliphatic rings. The van der Waals surface area contributed by atoms with Gasteiger partial charge >= 0.3 is 5.97 Å². The number of benzene rings is 1. The summed E-state index contributed by atoms with van der Waals surface area (Å²) in [4.78, 5) is 26.5. The molecular formula is C16H23N3O7S2. The number of primary sulfonamides is 1. The first-order valence-electron chi connectivity index (χ1n) is 8.27. The van der Waals surface area contributed by atoms with Gasteiger partial charge in [-0.1, -0.05) is 12.1 Å². The first kappa shape index (κ1) is 22.3. The highest BCUT2D eigenvalue weighted by molar-refractivity contribution is 7.89. The monoisotopic (exact) mass is 433 g/mol. The normalized spacial score (nSPS) is 21.8. The number of esters is 1. The molecule has 1 heterocycles. The Hall–Kier alpha value is -2.02. The number of piperazine rings is 1. The lowest BCUT2D eigenvalue weighted by molar-refractivity contribution is -0.157. The van der Waals surface area contributed by atoms with Crippen LogP contribution in [0, 0.1) is 0 Å². The molecule has 1 aromatic carbocycles. The van der Waals surface area contributed by atoms with Crippen molar-refractivity contribution < 1.29 is 31.2 Å². The van der Waals surface area contributed by atoms with Crippen LogP contribution in [-0.2, 0) is 34.4 Å². The van der Waals surface area contributed by atoms with Gasteiger partial charge in [-0.2, -0.15) is 4.31 Å². The highest BCUT2D eigenvalue weighted by Crippen LogP contribution is 2.35. The standard InChI is InChI=1S/C16H23N3O7S2/c1-10(2)19-13(20)9-18(27(4,22)23)15(16(21)26-3)14(19)11-5-7-12(8-6-11)28(17,24)25/h5-8,10,14-15H,9H2,1-4H3,(H2,17,24,25)/t14-,15+/m0/s1. The molecule has 12 heteroatoms. The summed E-state index contributed by atoms with van der Waals surface area (Å²) in [5.74, 6) is -1.31. The topological polar surface area (TPSA) is 144 Å². The maximum absolute atomic E-state index is 12.7. The summed E-state index contributed by atoms with van der Waals surface area (Å²) in [5.41, 5.74) is 0.373. The fraction of sp³-hybridized carbons (Fsp3) is 0.500. The number of methoxy groups -OCH3 is 1. The third-order valence-electron chi connectivity index (χ3n) is 4.46. The highest BCUT2D eigenvalue weighted by atomic mass is 32.2. The van der Waals surface area contributed by atoms with E-state index in [0.717, 1.165) is 17.7 Å². The zero-order valence-electron chi connectivity index (χ0n) is 15.9. The lowest BCUT2D eigenvalue weighted by Crippen LogP contribution is -2.63. The molecule has 2 rings (SSSR count). The van der Waals surface area contributed by atoms with Gasteiger partial charge in [0.15, 0.2) is 0 Å². The van der Waals surface area contributed by atoms with Gasteiger partial charge in [0.1, 0.15) is 6.04 Å². The number of hydrogen-bond acceptors (Lipinski definition) is 7. The van der Waals surface area contributed by atoms with E-state index in [4.69, 9.17) is 9.88 Å². The van der Waals surface area contributed by atoms with Gasteiger partial charge in [-0.15, -0.1) is 0 Å². The molecule has 2 N–H and O–H groups in total. The minimum Gasteiger partial charge on any atom is -0.468 e. The van der Waals surface area contributed by atoms with Gasteiger partial charge in [-0.05, 0) is 31.5 Å². The Morgan fingerprint density at radius 3 is 2.11 bits per heavy atom. The van der Waals surface area contributed by atoms with Crippen LogP contribution < -0.4 is 5.14 Å². The number of carbonyl (C=O) groups excluding carboxylic acids is 2. The second-order valence-electron chi connectivity index (χ2n) is 6.73. The maximum Gasteiger partial charge on any atom is 0.326 e. The highest BCUT2D eigenvalue weighted by Gasteiger charge is 2.50. The minimum absolute atomic E-state index is 0.149. The number of carbonyl (C=O) groups is 2. The Bertz CT molecular complexity index is 972. The van der Waals surface area contributed by atoms with Crippen molar-refractivity contribution in [3.8, 4) is 0 Å². The lowest BCUT2D eigenvalue weighted by Gasteiger charge is -2.46. The van der Waals surface area contributed by atoms with E-state index >= 15 is 0 Å². The second-order valence-corrected chi connectivity index (χ2v) is 10.2. The summed E-state index contributed by atoms with van der Waals surface area (Å²) in [6.45, 7) is 2.96. The van der Waals surface area contributed by atoms with Crippen LogP contribution in [-0.4, -0.2) is 69.9 Å². The SMILES string of the molecule is COC(=O)[C@H]1[C@H](c2ccc(S(N)(=O)=O)cc2)N(C(C)C)C(=O)CN1S(C)(=O)=O. The summed E-state index contributed by atoms with van der Waals surface area (Å²) in [6.07, 6.45) is 0.905. The van der Waals surface area contributed by atoms with E-state index in [2.05, 4.69) is 0 Å². The Morgan fingerprint density at radius 1 is 1.18 bits per heavy atom. The first-order valence-corrected chi connectivity index (χ1v) is 11.7. The molecule has 2 atom stereocenters. The average molecular weight is 434 g/mol. The number of sulfonamides is 2. The number of nitrogens with two attached hydrogens (primary N) is 1. The van der Waals surface area contributed by atoms with Gasteiger partial charge in [-0.25, -0.2) is 22.0 Å². The van der Waals surface area contributed by atoms with Gasteiger partial charge < -0.3 is 9.64 Å². The molecule has 1 fully saturated rings. The first-order chi connectivity index (χ1) is 12.8. The number of amides is 1. The van der Waals surface area contributed by atoms with Gasteiger partial charge in [0.05, 0.1) is 30.8 Å². The molecule has 1 aliphatic heterocycles. The number of rotatable bonds is 5. The average Bonchev–Trinajstić information content (AvgIpc) is 2.58. The second kappa shape index (κ2) is 7.78. The summed E-state index contributed by atoms with van der Waals surface area (Å²) in [6, 6.07) is 2.59. The van der Waals surface area contributed by atoms with Gasteiger partial charge in [0.2, 0.25) is 26.0 Å². The summed E-state index contributed by atoms with van der Waals surface area (Å²) in [5, 5.41) is 5.11. The Morgan fingerprint density at radius 2 is 1.71 bits per heavy atom. The van der Waals surface area contributed by atoms with Crippen molar-refractivity contribution in [1.82, 2.24) is 9.21 Å². The van der Waals surface area contributed by atoms with Gasteiger partial charge in [-0.3, -0.25) is 9.59 Å². The van der Waals surface area contributed by atoms with Crippen LogP contribution in [0.5, 0.6) is 0 Å². The van der Waals surface area contributed by atoms with Crippen LogP contribution >= 0.6 is 0 Å². The molecule has 0 aliphatic carbocycles. The Labute approximate surface area is 164 Å². The molecule has 0 radical (unpaired) electrons. The summed E-state index contributed by atoms with van der Waals surface area (Å²) < 4.78 is 53.1. The van der Waals surface area contributed by atoms with E-state index in [1.54, 1.807) is 13.8 Å². The molecule has 1 saturated heterocycles. The number of ether oxygens (including phenoxy) is 1. The van der Waals surface area contributed by atoms with Crippen molar-refractivity contribution in [3.05, 3.63) is 29.8 Å². The van der Waals surface area contributed by atoms with E-state index in [9.17, 15) is 26.4 Å². The molecule has 0 unspecified atom stereocenters. The van der Waals surface area contributed by atoms with E-state index in [0.29, 0.717) is 5.56 Å². The molecule has 0 saturated carbocycles. The minimum atomic E-state index is -3.94. The molecular weight excluding hydrogens is 410 g/mol. The largest absolute Gasteiger partial charge is 0.468 e. The Kier molecular flexibility index (Phi) is 6.19. The third-order valence-corrected chi connectivity index (χ3v) is 6.60. The Balaban J connectivity index is 2.69. The molecule has 0 spiro atoms. The number of hydrogen-bond donors (Lipinski definition) is 1. The van der Waals surface area contributed by atoms with E-state index in [1.807, 2.05) is 0 Å². The van der Waals surface area contributed by atoms with Crippen molar-refractivity contribution in [3.63, 3.8) is 0 Å². The number of nitrogens with zero attached hydrogens (tertiary/aromatic N) is 2. The fourth-order valence-corrected chi connectivity index (χ4v) is 4.75. The lowest BCUT2D eigenvalue weighted by atomic mass is 9.93. The fourth-order valence-electron chi connectivity index (χ4n) is 3.28. The predicted octanol–water partition coefficient (Wildman–Crippen LogP) is -0.571. The molecule has 10 nitrogen and oxygen atoms in total. The van der Waals surface area contributed by atoms with Crippen molar-refractivity contribution >= 4 is 31.9 Å². The summed E-state index contributed by atoms with van der Waals surface area (Å²) >= 11 is 0. The van der Waals surface area contributed by atoms with E-state index in [-0.39, 0.29) is 10.9 Å². The van der Waals surface area contributed by atoms with Gasteiger partial charge in [0.25, 0.3) is 0 Å². The quantitative estimate of drug-likeness (QED) is 0.612. The summed E-state index contributed by atoms with van der Waals surface area (Å²) in [7, 11) is -6.73. The zero-order chi connectivity index (χ0) is 21.4. The van der Waals surface area contributed by atoms with Crippen molar-refractivity contribution in [1.29, 1.82) is 0 Å². The van der Waals surface area contributed by atoms with Crippen molar-refractivity contribution in [2.24, 2.45) is 5.14 Å². The van der Waals surface area contributed by atoms with Crippen LogP contribution in [0.4, 0.5) is 0 Å². The van der Waals surface area contributed by atoms with Crippen LogP contribution in [0.1, 0.15) is 25.5 Å². The van der Waals surface area contributed by atoms with E-state index < -0.39 is 50.6 Å². The molecule has 0 bridgehead atoms. The smallest absolute Gasteiger partial charge is 0.326 e. The molecule has 156 valence electrons. The maximum atomic E-state index is 12.7. The van der Waals surface area contributed by atoms with Crippen molar-refractivity contribution in [2.45, 2.75) is 36.9 Å². The van der Waals surface area contributed by atoms with Gasteiger partial charge in [0, 0.05) is 6.04 Å². The molecule has 1 amide bonds. The predicted molar refractivity (Wildman–Crippen MR) is 99.9 cm³/mol. The van der Waals surface area contributed by atoms with E-state index in [1.165, 1.54) is 29.2 Å². The molecule has 1 aromatic rings. The molecule has 0 aromatic heterocycles. The van der Waals surface area contributed by atoms with Crippen LogP contribution in [0.25, 0.3) is 0 Å². The van der Waals surface area contributed by atoms with Crippen LogP contribution in [0.15, 0.2) is 29.2 Å². The van der Waals surface area contributed by atoms with Crippen molar-refractivity contribution in [2.75, 3.05) is 19.9 Å². The zero-order valence-corrected chi connectivity index (χ0v) is 17.5. The molecule has 28 heavy (non-hydrogen) atoms. The van der Waals surface area contributed by atoms with Crippen LogP contribution in [0.3, 0.4) is 0 Å².